The fourth-order valence-electron chi connectivity index (χ4n) is 23.1. The summed E-state index contributed by atoms with van der Waals surface area (Å²) in [7, 11) is 1.55. The Balaban J connectivity index is 0.483. The zero-order chi connectivity index (χ0) is 93.1. The number of para-hydroxylation sites is 1. The smallest absolute Gasteiger partial charge is 0.497 e. The standard InChI is InChI=1S/C94H125BF2N20O15/c1-57-63(58(2)116-79(57)55-61-36-40-68(117(61)95(116,96)97)59-34-37-62(132-3)38-35-59)39-41-80(118)101-42-8-4-5-33-81(119)106-44-11-24-70(106)85(123)108-46-13-26-72(108)87(125)110-48-15-28-74(110)89(127)112-50-17-30-76(112)91(129)114-52-19-32-78(114)93(131)115-53-18-31-77(115)92(130)113-51-16-29-75(113)90(128)111-49-14-27-73(111)88(126)109-47-12-25-71(109)86(124)107-45-10-23-69(107)84(122)104-66(22-9-43-102-94(99)100)83(121)105-67(82(98)120)54-60-56-103-65-21-7-6-20-64(60)65/h6-7,20-21,34-38,40,55-56,66-67,69-78,103H,4-5,8-19,22-33,39,41-54H2,1-3H3,(H2,98,120)(H,101,118)(H,104,122)(H,105,121)(H4,99,100,102)/t66-,67-,69-,70-,71-,72-,73-,74-,75-,76-,77-,78-/m0/s1. The number of benzene rings is 2. The third-order valence-corrected chi connectivity index (χ3v) is 29.8. The molecule has 0 spiro atoms. The molecule has 2 aromatic carbocycles. The number of hydrogen-bond acceptors (Lipinski definition) is 16. The van der Waals surface area contributed by atoms with Crippen molar-refractivity contribution in [3.05, 3.63) is 95.0 Å². The van der Waals surface area contributed by atoms with Gasteiger partial charge < -0.3 is 109 Å². The Bertz CT molecular complexity index is 5290. The molecule has 12 aliphatic rings. The first kappa shape index (κ1) is 93.2. The predicted molar refractivity (Wildman–Crippen MR) is 484 cm³/mol. The van der Waals surface area contributed by atoms with E-state index in [1.54, 1.807) is 97.0 Å². The number of primary amides is 1. The van der Waals surface area contributed by atoms with Gasteiger partial charge in [-0.2, -0.15) is 0 Å². The van der Waals surface area contributed by atoms with Crippen molar-refractivity contribution in [3.63, 3.8) is 0 Å². The van der Waals surface area contributed by atoms with E-state index in [-0.39, 0.29) is 151 Å². The maximum absolute atomic E-state index is 16.7. The lowest BCUT2D eigenvalue weighted by molar-refractivity contribution is -0.362. The Kier molecular flexibility index (Phi) is 28.4. The molecule has 0 bridgehead atoms. The lowest BCUT2D eigenvalue weighted by atomic mass is 9.89. The quantitative estimate of drug-likeness (QED) is 0.0150. The van der Waals surface area contributed by atoms with Crippen molar-refractivity contribution in [1.29, 1.82) is 5.41 Å². The first-order valence-electron chi connectivity index (χ1n) is 47.9. The molecule has 12 atom stereocenters. The van der Waals surface area contributed by atoms with E-state index < -0.39 is 121 Å². The summed E-state index contributed by atoms with van der Waals surface area (Å²) in [4.78, 5) is 222. The summed E-state index contributed by atoms with van der Waals surface area (Å²) in [5.41, 5.74) is 16.6. The van der Waals surface area contributed by atoms with Crippen molar-refractivity contribution < 1.29 is 85.0 Å². The monoisotopic (exact) mass is 1820 g/mol. The van der Waals surface area contributed by atoms with Gasteiger partial charge in [0.1, 0.15) is 84.0 Å². The van der Waals surface area contributed by atoms with E-state index in [4.69, 9.17) is 21.6 Å². The fraction of sp³-hybridized carbons (Fsp3) is 0.596. The molecule has 14 amide bonds. The highest BCUT2D eigenvalue weighted by molar-refractivity contribution is 6.58. The van der Waals surface area contributed by atoms with Gasteiger partial charge in [0.05, 0.1) is 7.11 Å². The van der Waals surface area contributed by atoms with Crippen LogP contribution in [0.2, 0.25) is 0 Å². The summed E-state index contributed by atoms with van der Waals surface area (Å²) in [6, 6.07) is 6.42. The molecule has 708 valence electrons. The number of methoxy groups -OCH3 is 1. The van der Waals surface area contributed by atoms with Gasteiger partial charge in [-0.25, -0.2) is 0 Å². The van der Waals surface area contributed by atoms with Crippen molar-refractivity contribution in [2.24, 2.45) is 11.5 Å². The molecule has 0 aliphatic carbocycles. The second-order valence-corrected chi connectivity index (χ2v) is 37.6. The summed E-state index contributed by atoms with van der Waals surface area (Å²) >= 11 is 0. The van der Waals surface area contributed by atoms with Gasteiger partial charge in [0.25, 0.3) is 0 Å². The number of nitrogens with zero attached hydrogens (tertiary/aromatic N) is 12. The molecular weight excluding hydrogens is 1700 g/mol. The number of allylic oxidation sites excluding steroid dienone is 2. The minimum absolute atomic E-state index is 0.0616. The van der Waals surface area contributed by atoms with Gasteiger partial charge in [0.15, 0.2) is 11.7 Å². The number of aromatic amines is 1. The highest BCUT2D eigenvalue weighted by Crippen LogP contribution is 2.43. The largest absolute Gasteiger partial charge is 0.737 e. The summed E-state index contributed by atoms with van der Waals surface area (Å²) in [5.74, 6) is -5.54. The number of unbranched alkanes of at least 4 members (excludes halogenated alkanes) is 2. The minimum Gasteiger partial charge on any atom is -0.497 e. The van der Waals surface area contributed by atoms with Gasteiger partial charge in [0.2, 0.25) is 82.7 Å². The van der Waals surface area contributed by atoms with E-state index in [9.17, 15) is 38.4 Å². The maximum Gasteiger partial charge on any atom is 0.737 e. The van der Waals surface area contributed by atoms with E-state index in [1.807, 2.05) is 31.2 Å². The van der Waals surface area contributed by atoms with E-state index >= 15 is 37.4 Å². The van der Waals surface area contributed by atoms with Crippen molar-refractivity contribution in [2.45, 2.75) is 273 Å². The molecule has 16 rings (SSSR count). The molecule has 10 saturated heterocycles. The lowest BCUT2D eigenvalue weighted by Crippen LogP contribution is -2.59. The van der Waals surface area contributed by atoms with Gasteiger partial charge in [-0.15, -0.1) is 0 Å². The van der Waals surface area contributed by atoms with Crippen LogP contribution in [0.5, 0.6) is 5.75 Å². The predicted octanol–water partition coefficient (Wildman–Crippen LogP) is 4.35. The summed E-state index contributed by atoms with van der Waals surface area (Å²) in [6.45, 7) is 2.39. The number of nitrogens with two attached hydrogens (primary N) is 2. The van der Waals surface area contributed by atoms with Gasteiger partial charge in [0, 0.05) is 150 Å². The Labute approximate surface area is 766 Å². The number of nitrogens with one attached hydrogen (secondary N) is 6. The summed E-state index contributed by atoms with van der Waals surface area (Å²) in [6.07, 6.45) is 14.7. The summed E-state index contributed by atoms with van der Waals surface area (Å²) in [5, 5.41) is 19.7. The number of halogens is 2. The van der Waals surface area contributed by atoms with Crippen LogP contribution in [0.15, 0.2) is 83.7 Å². The van der Waals surface area contributed by atoms with Gasteiger partial charge in [-0.1, -0.05) is 24.6 Å². The first-order chi connectivity index (χ1) is 63.6. The van der Waals surface area contributed by atoms with Crippen LogP contribution >= 0.6 is 0 Å². The Hall–Kier alpha value is -12.0. The third-order valence-electron chi connectivity index (χ3n) is 29.8. The second-order valence-electron chi connectivity index (χ2n) is 37.6. The molecule has 4 aromatic rings. The second kappa shape index (κ2) is 40.2. The van der Waals surface area contributed by atoms with Gasteiger partial charge >= 0.3 is 6.97 Å². The molecule has 132 heavy (non-hydrogen) atoms. The number of hydrogen-bond donors (Lipinski definition) is 8. The molecular formula is C94H125BF2N20O15. The highest BCUT2D eigenvalue weighted by Gasteiger charge is 2.57. The fourth-order valence-corrected chi connectivity index (χ4v) is 23.1. The van der Waals surface area contributed by atoms with E-state index in [0.29, 0.717) is 206 Å². The number of likely N-dealkylation sites (tertiary alicyclic amines) is 10. The SMILES string of the molecule is COc1ccc(-c2ccc3n2[B-](F)(F)[N+]2=C(C)C(CCC(=O)NCCCCCC(=O)N4CCC[C@H]4C(=O)N4CCC[C@H]4C(=O)N4CCC[C@H]4C(=O)N4CCC[C@H]4C(=O)N4CCC[C@H]4C(=O)N4CCC[C@H]4C(=O)N4CCC[C@H]4C(=O)N4CCC[C@H]4C(=O)N4CCC[C@H]4C(=O)N4CCC[C@H]4C(=O)N[C@@H](CCCNC(=N)N)C(=O)N[C@@H](Cc4c[nH]c5ccccc45)C(N)=O)=C(C)C2=C3)cc1. The maximum atomic E-state index is 16.7. The lowest BCUT2D eigenvalue weighted by Gasteiger charge is -2.37. The van der Waals surface area contributed by atoms with E-state index in [1.165, 1.54) is 14.7 Å². The number of carbonyl (C=O) groups is 14. The number of carbonyl (C=O) groups excluding carboxylic acids is 14. The number of fused-ring (bicyclic) bond motifs is 3. The molecule has 14 heterocycles. The molecule has 38 heteroatoms. The molecule has 0 unspecified atom stereocenters. The number of H-pyrrole nitrogens is 1. The average Bonchev–Trinajstić information content (AvgIpc) is 1.56. The zero-order valence-corrected chi connectivity index (χ0v) is 75.8. The Morgan fingerprint density at radius 2 is 0.909 bits per heavy atom. The number of amides is 14. The number of ether oxygens (including phenoxy) is 1. The van der Waals surface area contributed by atoms with E-state index in [2.05, 4.69) is 26.3 Å². The highest BCUT2D eigenvalue weighted by atomic mass is 19.2. The molecule has 0 saturated carbocycles. The first-order valence-corrected chi connectivity index (χ1v) is 47.9. The third kappa shape index (κ3) is 18.7. The molecule has 12 aliphatic heterocycles. The van der Waals surface area contributed by atoms with Crippen molar-refractivity contribution in [1.82, 2.24) is 79.7 Å². The Morgan fingerprint density at radius 3 is 1.35 bits per heavy atom. The van der Waals surface area contributed by atoms with Crippen LogP contribution < -0.4 is 37.5 Å². The molecule has 35 nitrogen and oxygen atoms in total. The Morgan fingerprint density at radius 1 is 0.492 bits per heavy atom. The molecule has 2 aromatic heterocycles. The number of aromatic nitrogens is 2. The zero-order valence-electron chi connectivity index (χ0n) is 75.8. The number of rotatable bonds is 31. The normalized spacial score (nSPS) is 24.9. The van der Waals surface area contributed by atoms with Crippen LogP contribution in [0.1, 0.15) is 205 Å². The topological polar surface area (TPSA) is 428 Å². The van der Waals surface area contributed by atoms with Crippen LogP contribution in [0.3, 0.4) is 0 Å². The van der Waals surface area contributed by atoms with Crippen molar-refractivity contribution in [3.8, 4) is 17.0 Å². The van der Waals surface area contributed by atoms with Gasteiger partial charge in [-0.05, 0) is 221 Å². The minimum atomic E-state index is -4.28. The van der Waals surface area contributed by atoms with Crippen LogP contribution in [0.4, 0.5) is 8.63 Å². The van der Waals surface area contributed by atoms with Crippen LogP contribution in [0, 0.1) is 5.41 Å². The molecule has 10 N–H and O–H groups in total. The average molecular weight is 1820 g/mol. The molecule has 0 radical (unpaired) electrons. The van der Waals surface area contributed by atoms with Crippen molar-refractivity contribution >= 4 is 118 Å². The van der Waals surface area contributed by atoms with Crippen LogP contribution in [0.25, 0.3) is 28.2 Å². The van der Waals surface area contributed by atoms with E-state index in [0.717, 1.165) is 25.4 Å². The summed E-state index contributed by atoms with van der Waals surface area (Å²) < 4.78 is 40.9. The van der Waals surface area contributed by atoms with Crippen molar-refractivity contribution in [2.75, 3.05) is 85.6 Å². The van der Waals surface area contributed by atoms with Gasteiger partial charge in [-0.3, -0.25) is 72.5 Å². The molecule has 10 fully saturated rings. The van der Waals surface area contributed by atoms with Crippen LogP contribution in [-0.2, 0) is 73.5 Å². The number of guanidine groups is 1. The van der Waals surface area contributed by atoms with Crippen LogP contribution in [-0.4, -0.2) is 322 Å².